The zero-order chi connectivity index (χ0) is 32.8. The van der Waals surface area contributed by atoms with E-state index >= 15 is 0 Å². The fraction of sp³-hybridized carbons (Fsp3) is 0.955. The van der Waals surface area contributed by atoms with Gasteiger partial charge in [0.1, 0.15) is 26.5 Å². The summed E-state index contributed by atoms with van der Waals surface area (Å²) in [5.74, 6) is -8.24. The first kappa shape index (κ1) is 40.9. The number of aliphatic hydroxyl groups is 2. The van der Waals surface area contributed by atoms with E-state index in [1.807, 2.05) is 13.8 Å². The lowest BCUT2D eigenvalue weighted by atomic mass is 9.97. The maximum absolute atomic E-state index is 14.3. The second-order valence-electron chi connectivity index (χ2n) is 8.50. The number of carboxylic acid groups (broad SMARTS) is 1. The van der Waals surface area contributed by atoms with Gasteiger partial charge in [-0.05, 0) is 12.3 Å². The number of rotatable bonds is 20. The largest absolute Gasteiger partial charge is 0.481 e. The van der Waals surface area contributed by atoms with E-state index in [0.29, 0.717) is 0 Å². The third-order valence-corrected chi connectivity index (χ3v) is 6.05. The summed E-state index contributed by atoms with van der Waals surface area (Å²) in [6, 6.07) is 0. The minimum atomic E-state index is -6.22. The van der Waals surface area contributed by atoms with Gasteiger partial charge in [0, 0.05) is 26.4 Å². The van der Waals surface area contributed by atoms with Gasteiger partial charge in [0.15, 0.2) is 6.29 Å². The molecule has 5 atom stereocenters. The van der Waals surface area contributed by atoms with E-state index in [9.17, 15) is 39.9 Å². The van der Waals surface area contributed by atoms with Gasteiger partial charge in [0.05, 0.1) is 30.9 Å². The number of alkyl halides is 8. The van der Waals surface area contributed by atoms with Crippen LogP contribution < -0.4 is 0 Å². The van der Waals surface area contributed by atoms with E-state index in [2.05, 4.69) is 13.7 Å². The summed E-state index contributed by atoms with van der Waals surface area (Å²) in [4.78, 5) is 10.5. The van der Waals surface area contributed by atoms with E-state index < -0.39 is 112 Å². The van der Waals surface area contributed by atoms with Crippen molar-refractivity contribution in [1.29, 1.82) is 0 Å². The van der Waals surface area contributed by atoms with Crippen molar-refractivity contribution in [2.45, 2.75) is 94.5 Å². The van der Waals surface area contributed by atoms with Crippen molar-refractivity contribution in [3.63, 3.8) is 0 Å². The van der Waals surface area contributed by atoms with E-state index in [0.717, 1.165) is 14.0 Å². The zero-order valence-corrected chi connectivity index (χ0v) is 23.9. The third kappa shape index (κ3) is 12.9. The van der Waals surface area contributed by atoms with Crippen molar-refractivity contribution >= 4 is 18.0 Å². The maximum Gasteiger partial charge on any atom is 0.436 e. The van der Waals surface area contributed by atoms with Crippen molar-refractivity contribution in [2.75, 3.05) is 34.1 Å². The molecule has 1 saturated heterocycles. The maximum atomic E-state index is 14.3. The average Bonchev–Trinajstić information content (AvgIpc) is 2.90. The second-order valence-corrected chi connectivity index (χ2v) is 9.37. The molecule has 0 aromatic rings. The molecule has 0 radical (unpaired) electrons. The molecule has 3 N–H and O–H groups in total. The number of methoxy groups -OCH3 is 1. The minimum absolute atomic E-state index is 0.247. The number of aliphatic carboxylic acids is 1. The normalized spacial score (nSPS) is 22.8. The molecule has 1 rings (SSSR count). The molecular weight excluding hydrogens is 624 g/mol. The number of hydrogen-bond donors (Lipinski definition) is 3. The predicted molar refractivity (Wildman–Crippen MR) is 127 cm³/mol. The van der Waals surface area contributed by atoms with E-state index in [-0.39, 0.29) is 13.0 Å². The molecule has 1 heterocycles. The quantitative estimate of drug-likeness (QED) is 0.0738. The molecule has 252 valence electrons. The van der Waals surface area contributed by atoms with Gasteiger partial charge in [-0.1, -0.05) is 20.8 Å². The predicted octanol–water partition coefficient (Wildman–Crippen LogP) is 4.40. The van der Waals surface area contributed by atoms with Gasteiger partial charge < -0.3 is 39.0 Å². The Bertz CT molecular complexity index is 770. The van der Waals surface area contributed by atoms with Crippen LogP contribution in [0.15, 0.2) is 0 Å². The zero-order valence-electron chi connectivity index (χ0n) is 23.1. The smallest absolute Gasteiger partial charge is 0.436 e. The Kier molecular flexibility index (Phi) is 18.2. The highest BCUT2D eigenvalue weighted by molar-refractivity contribution is 7.95. The van der Waals surface area contributed by atoms with Crippen LogP contribution in [0.2, 0.25) is 0 Å². The number of aliphatic hydroxyl groups excluding tert-OH is 2. The van der Waals surface area contributed by atoms with Crippen LogP contribution in [-0.2, 0) is 37.4 Å². The van der Waals surface area contributed by atoms with Crippen LogP contribution in [0.5, 0.6) is 0 Å². The lowest BCUT2D eigenvalue weighted by molar-refractivity contribution is -0.456. The highest BCUT2D eigenvalue weighted by atomic mass is 32.2. The topological polar surface area (TPSA) is 142 Å². The van der Waals surface area contributed by atoms with Crippen LogP contribution in [0.1, 0.15) is 46.5 Å². The van der Waals surface area contributed by atoms with E-state index in [1.54, 1.807) is 0 Å². The molecule has 42 heavy (non-hydrogen) atoms. The molecule has 1 aliphatic rings. The molecule has 0 spiro atoms. The first-order valence-corrected chi connectivity index (χ1v) is 13.1. The molecule has 0 amide bonds. The Hall–Kier alpha value is -1.10. The Labute approximate surface area is 240 Å². The SMILES string of the molecule is CC.COC1OC(COCO)CC(OCOCO)C1OSC(F)(F)C(F)(F)OC(F)(F)C(F)(F)CC(C)CCC(=O)O. The molecule has 11 nitrogen and oxygen atoms in total. The molecule has 0 saturated carbocycles. The van der Waals surface area contributed by atoms with Gasteiger partial charge in [-0.3, -0.25) is 8.98 Å². The first-order valence-electron chi connectivity index (χ1n) is 12.4. The van der Waals surface area contributed by atoms with Gasteiger partial charge >= 0.3 is 29.4 Å². The van der Waals surface area contributed by atoms with Crippen molar-refractivity contribution in [3.05, 3.63) is 0 Å². The highest BCUT2D eigenvalue weighted by Gasteiger charge is 2.70. The highest BCUT2D eigenvalue weighted by Crippen LogP contribution is 2.51. The van der Waals surface area contributed by atoms with Crippen molar-refractivity contribution in [2.24, 2.45) is 5.92 Å². The summed E-state index contributed by atoms with van der Waals surface area (Å²) in [6.45, 7) is 2.47. The molecule has 1 aliphatic heterocycles. The number of halogens is 8. The van der Waals surface area contributed by atoms with Crippen molar-refractivity contribution in [1.82, 2.24) is 0 Å². The van der Waals surface area contributed by atoms with Gasteiger partial charge in [0.25, 0.3) is 0 Å². The minimum Gasteiger partial charge on any atom is -0.481 e. The van der Waals surface area contributed by atoms with Gasteiger partial charge in [-0.25, -0.2) is 4.74 Å². The molecule has 1 fully saturated rings. The molecule has 5 unspecified atom stereocenters. The summed E-state index contributed by atoms with van der Waals surface area (Å²) in [5.41, 5.74) is 0. The first-order chi connectivity index (χ1) is 19.4. The Morgan fingerprint density at radius 1 is 1.02 bits per heavy atom. The number of ether oxygens (including phenoxy) is 6. The molecular formula is C22H36F8O11S. The van der Waals surface area contributed by atoms with E-state index in [1.165, 1.54) is 0 Å². The molecule has 0 aromatic carbocycles. The van der Waals surface area contributed by atoms with Crippen LogP contribution in [0.25, 0.3) is 0 Å². The lowest BCUT2D eigenvalue weighted by Crippen LogP contribution is -2.54. The Balaban J connectivity index is 0.00000821. The van der Waals surface area contributed by atoms with Gasteiger partial charge in [0.2, 0.25) is 0 Å². The summed E-state index contributed by atoms with van der Waals surface area (Å²) in [7, 11) is 0.998. The van der Waals surface area contributed by atoms with Gasteiger partial charge in [-0.2, -0.15) is 35.1 Å². The van der Waals surface area contributed by atoms with Crippen LogP contribution in [0.4, 0.5) is 35.1 Å². The van der Waals surface area contributed by atoms with Crippen LogP contribution in [-0.4, -0.2) is 103 Å². The third-order valence-electron chi connectivity index (χ3n) is 5.28. The van der Waals surface area contributed by atoms with Crippen molar-refractivity contribution < 1.29 is 87.8 Å². The van der Waals surface area contributed by atoms with Crippen LogP contribution in [0.3, 0.4) is 0 Å². The van der Waals surface area contributed by atoms with Crippen molar-refractivity contribution in [3.8, 4) is 0 Å². The number of hydrogen-bond acceptors (Lipinski definition) is 11. The van der Waals surface area contributed by atoms with Crippen LogP contribution >= 0.6 is 12.0 Å². The molecule has 20 heteroatoms. The number of carbonyl (C=O) groups is 1. The van der Waals surface area contributed by atoms with Crippen LogP contribution in [0, 0.1) is 5.92 Å². The summed E-state index contributed by atoms with van der Waals surface area (Å²) in [6.07, 6.45) is -21.3. The number of carboxylic acids is 1. The molecule has 0 aromatic heterocycles. The fourth-order valence-corrected chi connectivity index (χ4v) is 3.89. The standard InChI is InChI=1S/C20H30F8O11S.C2H6/c1-11(3-4-14(31)32)6-17(21,22)18(23,24)39-19(25,26)20(27,28)40-38-15-13(36-10-35-9-30)5-12(7-34-8-29)37-16(15)33-2;1-2/h11-13,15-16,29-30H,3-10H2,1-2H3,(H,31,32);1-2H3. The summed E-state index contributed by atoms with van der Waals surface area (Å²) >= 11 is -1.40. The summed E-state index contributed by atoms with van der Waals surface area (Å²) < 4.78 is 145. The lowest BCUT2D eigenvalue weighted by Gasteiger charge is -2.40. The molecule has 0 aliphatic carbocycles. The average molecular weight is 661 g/mol. The fourth-order valence-electron chi connectivity index (χ4n) is 3.30. The summed E-state index contributed by atoms with van der Waals surface area (Å²) in [5, 5.41) is 20.3. The monoisotopic (exact) mass is 660 g/mol. The Morgan fingerprint density at radius 2 is 1.62 bits per heavy atom. The second kappa shape index (κ2) is 18.6. The van der Waals surface area contributed by atoms with E-state index in [4.69, 9.17) is 34.3 Å². The molecule has 0 bridgehead atoms. The van der Waals surface area contributed by atoms with Gasteiger partial charge in [-0.15, -0.1) is 0 Å². The Morgan fingerprint density at radius 3 is 2.14 bits per heavy atom.